The minimum absolute atomic E-state index is 0.0760. The first-order valence-electron chi connectivity index (χ1n) is 9.14. The van der Waals surface area contributed by atoms with E-state index in [0.29, 0.717) is 22.2 Å². The summed E-state index contributed by atoms with van der Waals surface area (Å²) in [7, 11) is 0. The molecular weight excluding hydrogens is 383 g/mol. The van der Waals surface area contributed by atoms with Crippen molar-refractivity contribution in [3.05, 3.63) is 94.2 Å². The lowest BCUT2D eigenvalue weighted by molar-refractivity contribution is 0.618. The average Bonchev–Trinajstić information content (AvgIpc) is 2.75. The Labute approximate surface area is 171 Å². The SMILES string of the molecule is [C-]#[N+]c1c(N)ncnc1N[C@H](C)c1cc2ccc(F)cn2c(=O)c1-c1ccccc1. The highest BCUT2D eigenvalue weighted by atomic mass is 19.1. The first-order chi connectivity index (χ1) is 14.5. The first kappa shape index (κ1) is 19.1. The molecule has 0 fully saturated rings. The lowest BCUT2D eigenvalue weighted by atomic mass is 9.96. The predicted octanol–water partition coefficient (Wildman–Crippen LogP) is 4.20. The molecule has 0 aliphatic carbocycles. The molecule has 148 valence electrons. The number of anilines is 2. The van der Waals surface area contributed by atoms with E-state index in [2.05, 4.69) is 20.1 Å². The highest BCUT2D eigenvalue weighted by Gasteiger charge is 2.20. The van der Waals surface area contributed by atoms with Crippen molar-refractivity contribution in [2.45, 2.75) is 13.0 Å². The van der Waals surface area contributed by atoms with Crippen LogP contribution in [0.1, 0.15) is 18.5 Å². The van der Waals surface area contributed by atoms with Gasteiger partial charge in [-0.2, -0.15) is 0 Å². The summed E-state index contributed by atoms with van der Waals surface area (Å²) in [6.45, 7) is 9.20. The minimum Gasteiger partial charge on any atom is -0.392 e. The third-order valence-electron chi connectivity index (χ3n) is 4.81. The maximum Gasteiger partial charge on any atom is 0.268 e. The van der Waals surface area contributed by atoms with Gasteiger partial charge < -0.3 is 11.1 Å². The smallest absolute Gasteiger partial charge is 0.268 e. The monoisotopic (exact) mass is 400 g/mol. The van der Waals surface area contributed by atoms with Gasteiger partial charge in [-0.15, -0.1) is 0 Å². The molecule has 1 aromatic carbocycles. The molecular formula is C22H17FN6O. The molecule has 0 radical (unpaired) electrons. The number of hydrogen-bond donors (Lipinski definition) is 2. The summed E-state index contributed by atoms with van der Waals surface area (Å²) in [5.41, 5.74) is 7.94. The number of nitrogens with zero attached hydrogens (tertiary/aromatic N) is 4. The van der Waals surface area contributed by atoms with Crippen molar-refractivity contribution >= 4 is 22.8 Å². The molecule has 0 bridgehead atoms. The zero-order valence-corrected chi connectivity index (χ0v) is 16.0. The van der Waals surface area contributed by atoms with Crippen LogP contribution in [0.5, 0.6) is 0 Å². The molecule has 30 heavy (non-hydrogen) atoms. The number of nitrogens with one attached hydrogen (secondary N) is 1. The molecule has 0 saturated heterocycles. The second-order valence-electron chi connectivity index (χ2n) is 6.72. The average molecular weight is 400 g/mol. The molecule has 0 spiro atoms. The Morgan fingerprint density at radius 2 is 1.97 bits per heavy atom. The van der Waals surface area contributed by atoms with Crippen molar-refractivity contribution in [3.63, 3.8) is 0 Å². The van der Waals surface area contributed by atoms with E-state index < -0.39 is 11.9 Å². The van der Waals surface area contributed by atoms with Gasteiger partial charge in [0.1, 0.15) is 23.8 Å². The summed E-state index contributed by atoms with van der Waals surface area (Å²) in [4.78, 5) is 24.7. The quantitative estimate of drug-likeness (QED) is 0.501. The fourth-order valence-electron chi connectivity index (χ4n) is 3.38. The maximum absolute atomic E-state index is 13.8. The van der Waals surface area contributed by atoms with Crippen LogP contribution in [-0.2, 0) is 0 Å². The maximum atomic E-state index is 13.8. The van der Waals surface area contributed by atoms with E-state index in [1.165, 1.54) is 23.0 Å². The van der Waals surface area contributed by atoms with Crippen LogP contribution in [0.3, 0.4) is 0 Å². The molecule has 0 aliphatic heterocycles. The molecule has 0 saturated carbocycles. The number of nitrogen functional groups attached to an aromatic ring is 1. The summed E-state index contributed by atoms with van der Waals surface area (Å²) in [5, 5.41) is 3.16. The van der Waals surface area contributed by atoms with Crippen LogP contribution in [0.4, 0.5) is 21.7 Å². The highest BCUT2D eigenvalue weighted by Crippen LogP contribution is 2.33. The van der Waals surface area contributed by atoms with Gasteiger partial charge in [0.2, 0.25) is 0 Å². The molecule has 3 heterocycles. The molecule has 4 rings (SSSR count). The van der Waals surface area contributed by atoms with E-state index in [1.54, 1.807) is 6.07 Å². The van der Waals surface area contributed by atoms with E-state index in [9.17, 15) is 9.18 Å². The van der Waals surface area contributed by atoms with E-state index in [-0.39, 0.29) is 22.9 Å². The van der Waals surface area contributed by atoms with Crippen LogP contribution >= 0.6 is 0 Å². The van der Waals surface area contributed by atoms with Crippen LogP contribution in [0.2, 0.25) is 0 Å². The Bertz CT molecular complexity index is 1340. The number of benzene rings is 1. The largest absolute Gasteiger partial charge is 0.392 e. The van der Waals surface area contributed by atoms with Crippen molar-refractivity contribution in [3.8, 4) is 11.1 Å². The fourth-order valence-corrected chi connectivity index (χ4v) is 3.38. The summed E-state index contributed by atoms with van der Waals surface area (Å²) < 4.78 is 15.1. The van der Waals surface area contributed by atoms with Crippen LogP contribution in [0, 0.1) is 12.4 Å². The first-order valence-corrected chi connectivity index (χ1v) is 9.14. The van der Waals surface area contributed by atoms with Crippen molar-refractivity contribution in [1.29, 1.82) is 0 Å². The zero-order valence-electron chi connectivity index (χ0n) is 16.0. The van der Waals surface area contributed by atoms with Gasteiger partial charge in [-0.05, 0) is 36.2 Å². The Morgan fingerprint density at radius 1 is 1.20 bits per heavy atom. The van der Waals surface area contributed by atoms with Crippen molar-refractivity contribution < 1.29 is 4.39 Å². The lowest BCUT2D eigenvalue weighted by Crippen LogP contribution is -2.21. The van der Waals surface area contributed by atoms with Crippen LogP contribution in [0.25, 0.3) is 21.5 Å². The van der Waals surface area contributed by atoms with Gasteiger partial charge in [0.25, 0.3) is 11.2 Å². The van der Waals surface area contributed by atoms with E-state index in [0.717, 1.165) is 0 Å². The molecule has 0 amide bonds. The predicted molar refractivity (Wildman–Crippen MR) is 114 cm³/mol. The molecule has 1 atom stereocenters. The molecule has 0 aliphatic rings. The number of nitrogens with two attached hydrogens (primary N) is 1. The van der Waals surface area contributed by atoms with E-state index in [1.807, 2.05) is 43.3 Å². The van der Waals surface area contributed by atoms with Crippen molar-refractivity contribution in [2.24, 2.45) is 0 Å². The Hall–Kier alpha value is -4.25. The lowest BCUT2D eigenvalue weighted by Gasteiger charge is -2.20. The van der Waals surface area contributed by atoms with Gasteiger partial charge >= 0.3 is 0 Å². The fraction of sp³-hybridized carbons (Fsp3) is 0.0909. The summed E-state index contributed by atoms with van der Waals surface area (Å²) in [6, 6.07) is 13.4. The van der Waals surface area contributed by atoms with Crippen molar-refractivity contribution in [2.75, 3.05) is 11.1 Å². The van der Waals surface area contributed by atoms with E-state index in [4.69, 9.17) is 12.3 Å². The third kappa shape index (κ3) is 3.33. The molecule has 3 aromatic heterocycles. The normalized spacial score (nSPS) is 11.8. The molecule has 3 N–H and O–H groups in total. The standard InChI is InChI=1S/C22H17FN6O/c1-13(28-21-19(25-2)20(24)26-12-27-21)17-10-16-9-8-15(23)11-29(16)22(30)18(17)14-6-4-3-5-7-14/h3-13H,1H3,(H3,24,26,27,28)/t13-/m1/s1. The number of fused-ring (bicyclic) bond motifs is 1. The summed E-state index contributed by atoms with van der Waals surface area (Å²) >= 11 is 0. The van der Waals surface area contributed by atoms with Gasteiger partial charge in [-0.25, -0.2) is 19.2 Å². The summed E-state index contributed by atoms with van der Waals surface area (Å²) in [5.74, 6) is -0.143. The topological polar surface area (TPSA) is 89.7 Å². The second-order valence-corrected chi connectivity index (χ2v) is 6.72. The third-order valence-corrected chi connectivity index (χ3v) is 4.81. The zero-order chi connectivity index (χ0) is 21.3. The second kappa shape index (κ2) is 7.64. The number of hydrogen-bond acceptors (Lipinski definition) is 5. The minimum atomic E-state index is -0.499. The van der Waals surface area contributed by atoms with Gasteiger partial charge in [-0.1, -0.05) is 30.3 Å². The Morgan fingerprint density at radius 3 is 2.70 bits per heavy atom. The van der Waals surface area contributed by atoms with Gasteiger partial charge in [-0.3, -0.25) is 9.20 Å². The van der Waals surface area contributed by atoms with Crippen molar-refractivity contribution in [1.82, 2.24) is 14.4 Å². The number of rotatable bonds is 4. The Kier molecular flexibility index (Phi) is 4.86. The van der Waals surface area contributed by atoms with Gasteiger partial charge in [0.05, 0.1) is 12.1 Å². The van der Waals surface area contributed by atoms with Gasteiger partial charge in [0, 0.05) is 17.8 Å². The highest BCUT2D eigenvalue weighted by molar-refractivity contribution is 5.77. The number of aromatic nitrogens is 3. The van der Waals surface area contributed by atoms with Crippen LogP contribution < -0.4 is 16.6 Å². The summed E-state index contributed by atoms with van der Waals surface area (Å²) in [6.07, 6.45) is 2.45. The number of halogens is 1. The molecule has 8 heteroatoms. The molecule has 0 unspecified atom stereocenters. The van der Waals surface area contributed by atoms with Crippen LogP contribution in [0.15, 0.2) is 65.8 Å². The molecule has 4 aromatic rings. The number of pyridine rings is 2. The molecule has 7 nitrogen and oxygen atoms in total. The Balaban J connectivity index is 1.92. The van der Waals surface area contributed by atoms with Crippen LogP contribution in [-0.4, -0.2) is 14.4 Å². The van der Waals surface area contributed by atoms with E-state index >= 15 is 0 Å². The van der Waals surface area contributed by atoms with Gasteiger partial charge in [0.15, 0.2) is 0 Å².